The minimum absolute atomic E-state index is 0.0525. The van der Waals surface area contributed by atoms with E-state index in [4.69, 9.17) is 56.4 Å². The Kier molecular flexibility index (Phi) is 32.1. The first kappa shape index (κ1) is 97.1. The number of hydrogen-bond donors (Lipinski definition) is 21. The minimum atomic E-state index is -2.38. The van der Waals surface area contributed by atoms with Crippen LogP contribution in [-0.4, -0.2) is 261 Å². The van der Waals surface area contributed by atoms with Gasteiger partial charge in [0.1, 0.15) is 125 Å². The fourth-order valence-electron chi connectivity index (χ4n) is 16.4. The molecule has 0 saturated carbocycles. The Morgan fingerprint density at radius 2 is 1.12 bits per heavy atom. The summed E-state index contributed by atoms with van der Waals surface area (Å²) in [7, 11) is 8.69. The normalized spacial score (nSPS) is 25.6. The van der Waals surface area contributed by atoms with Gasteiger partial charge in [-0.3, -0.25) is 38.4 Å². The second-order valence-electron chi connectivity index (χ2n) is 33.6. The molecule has 704 valence electrons. The summed E-state index contributed by atoms with van der Waals surface area (Å²) in [6, 6.07) is 7.43. The molecule has 0 aromatic heterocycles. The van der Waals surface area contributed by atoms with Crippen molar-refractivity contribution in [2.75, 3.05) is 74.6 Å². The number of benzene rings is 7. The number of ether oxygens (including phenoxy) is 7. The number of carbonyl (C=O) groups excluding carboxylic acids is 8. The molecule has 2 fully saturated rings. The average molecular weight is 1860 g/mol. The van der Waals surface area contributed by atoms with Gasteiger partial charge in [0.2, 0.25) is 59.7 Å². The molecule has 8 aliphatic rings. The van der Waals surface area contributed by atoms with Gasteiger partial charge >= 0.3 is 0 Å². The molecule has 38 nitrogen and oxygen atoms in total. The van der Waals surface area contributed by atoms with E-state index < -0.39 is 242 Å². The minimum Gasteiger partial charge on any atom is -0.508 e. The van der Waals surface area contributed by atoms with Crippen LogP contribution in [0.5, 0.6) is 69.0 Å². The molecule has 8 aliphatic heterocycles. The molecular formula is C91H110Cl2N12O26. The highest BCUT2D eigenvalue weighted by Gasteiger charge is 2.51. The number of halogens is 2. The number of nitrogens with one attached hydrogen (secondary N) is 10. The van der Waals surface area contributed by atoms with E-state index in [2.05, 4.69) is 60.1 Å². The predicted octanol–water partition coefficient (Wildman–Crippen LogP) is 3.99. The second-order valence-corrected chi connectivity index (χ2v) is 34.4. The molecule has 0 radical (unpaired) electrons. The summed E-state index contributed by atoms with van der Waals surface area (Å²) in [6.07, 6.45) is -11.9. The lowest BCUT2D eigenvalue weighted by Gasteiger charge is -2.42. The Hall–Kier alpha value is -11.4. The third-order valence-corrected chi connectivity index (χ3v) is 24.2. The second kappa shape index (κ2) is 43.3. The predicted molar refractivity (Wildman–Crippen MR) is 471 cm³/mol. The Morgan fingerprint density at radius 3 is 1.80 bits per heavy atom. The van der Waals surface area contributed by atoms with Crippen molar-refractivity contribution in [3.8, 4) is 80.1 Å². The van der Waals surface area contributed by atoms with Crippen LogP contribution in [0.15, 0.2) is 115 Å². The maximum atomic E-state index is 17.0. The van der Waals surface area contributed by atoms with Gasteiger partial charge in [0.15, 0.2) is 29.1 Å². The van der Waals surface area contributed by atoms with Gasteiger partial charge in [-0.1, -0.05) is 105 Å². The van der Waals surface area contributed by atoms with Crippen molar-refractivity contribution in [1.29, 1.82) is 0 Å². The quantitative estimate of drug-likeness (QED) is 0.0341. The molecule has 131 heavy (non-hydrogen) atoms. The molecule has 40 heteroatoms. The zero-order valence-electron chi connectivity index (χ0n) is 72.6. The number of unbranched alkanes of at least 4 members (excludes halogenated alkanes) is 7. The van der Waals surface area contributed by atoms with Gasteiger partial charge in [-0.2, -0.15) is 0 Å². The van der Waals surface area contributed by atoms with Crippen molar-refractivity contribution in [3.05, 3.63) is 164 Å². The van der Waals surface area contributed by atoms with Gasteiger partial charge in [0.25, 0.3) is 5.91 Å². The lowest BCUT2D eigenvalue weighted by atomic mass is 9.89. The summed E-state index contributed by atoms with van der Waals surface area (Å²) >= 11 is 14.5. The molecule has 15 rings (SSSR count). The summed E-state index contributed by atoms with van der Waals surface area (Å²) in [6.45, 7) is 2.35. The van der Waals surface area contributed by atoms with Gasteiger partial charge < -0.3 is 152 Å². The third kappa shape index (κ3) is 22.7. The van der Waals surface area contributed by atoms with Crippen molar-refractivity contribution in [2.24, 2.45) is 0 Å². The van der Waals surface area contributed by atoms with Crippen LogP contribution in [0.3, 0.4) is 0 Å². The van der Waals surface area contributed by atoms with Crippen molar-refractivity contribution < 1.29 is 128 Å². The summed E-state index contributed by atoms with van der Waals surface area (Å²) in [5, 5.41) is 156. The van der Waals surface area contributed by atoms with Crippen molar-refractivity contribution in [2.45, 2.75) is 187 Å². The van der Waals surface area contributed by atoms with Crippen LogP contribution in [0.1, 0.15) is 146 Å². The molecule has 0 spiro atoms. The largest absolute Gasteiger partial charge is 0.508 e. The highest BCUT2D eigenvalue weighted by molar-refractivity contribution is 6.33. The van der Waals surface area contributed by atoms with Crippen LogP contribution in [-0.2, 0) is 54.3 Å². The average Bonchev–Trinajstić information content (AvgIpc) is 0.765. The zero-order valence-corrected chi connectivity index (χ0v) is 74.1. The molecule has 18 atom stereocenters. The zero-order chi connectivity index (χ0) is 93.9. The van der Waals surface area contributed by atoms with E-state index in [-0.39, 0.29) is 70.8 Å². The van der Waals surface area contributed by atoms with Gasteiger partial charge in [0, 0.05) is 48.3 Å². The van der Waals surface area contributed by atoms with E-state index in [0.717, 1.165) is 99.5 Å². The van der Waals surface area contributed by atoms with Crippen LogP contribution >= 0.6 is 23.2 Å². The molecule has 7 aromatic rings. The number of rotatable bonds is 26. The number of fused-ring (bicyclic) bond motifs is 14. The lowest BCUT2D eigenvalue weighted by Crippen LogP contribution is -2.66. The molecule has 8 heterocycles. The smallest absolute Gasteiger partial charge is 0.252 e. The van der Waals surface area contributed by atoms with Crippen molar-refractivity contribution in [3.63, 3.8) is 0 Å². The molecular weight excluding hydrogens is 1750 g/mol. The van der Waals surface area contributed by atoms with Crippen molar-refractivity contribution >= 4 is 70.5 Å². The fourth-order valence-corrected chi connectivity index (χ4v) is 16.9. The summed E-state index contributed by atoms with van der Waals surface area (Å²) in [5.41, 5.74) is -2.30. The van der Waals surface area contributed by atoms with Crippen molar-refractivity contribution in [1.82, 2.24) is 63.0 Å². The van der Waals surface area contributed by atoms with E-state index >= 15 is 28.8 Å². The first-order valence-electron chi connectivity index (χ1n) is 43.3. The van der Waals surface area contributed by atoms with Gasteiger partial charge in [0.05, 0.1) is 22.7 Å². The number of aliphatic hydroxyl groups is 7. The highest BCUT2D eigenvalue weighted by Crippen LogP contribution is 2.51. The molecule has 0 aliphatic carbocycles. The van der Waals surface area contributed by atoms with E-state index in [9.17, 15) is 65.8 Å². The Balaban J connectivity index is 1.05. The topological polar surface area (TPSA) is 550 Å². The van der Waals surface area contributed by atoms with Crippen LogP contribution in [0.4, 0.5) is 0 Å². The third-order valence-electron chi connectivity index (χ3n) is 23.5. The number of aliphatic hydroxyl groups excluding tert-OH is 7. The number of phenolic OH excluding ortho intramolecular Hbond substituents is 4. The van der Waals surface area contributed by atoms with E-state index in [1.165, 1.54) is 67.7 Å². The SMILES string of the molecule is CCCCCCCCCCN[C@H]1[C@H](Oc2c3cc4cc2Oc2ccc(cc2Cl)C(O)C2NC(=O)C(NC(=O)C4NC(=O)C4NC(=O)C(Cc5ccc(cc5)O3)NC(=O)C(NC)c3ccc(O)c(c3)Oc3cc(O)c(Cl)c4c3)c3ccc(O)c(c3)-c3c(OC4O[C@H](CO)[C@@H](O)[C@H](O)[C@@H]4O)cc(O)cc3C(C(=O)NCCCN(C)C)NC2=O)O[C@H](C(=O)NCCCN(C)C)[C@@H](O)[C@@H]1O. The first-order valence-corrected chi connectivity index (χ1v) is 44.0. The lowest BCUT2D eigenvalue weighted by molar-refractivity contribution is -0.277. The summed E-state index contributed by atoms with van der Waals surface area (Å²) in [4.78, 5) is 130. The number of nitrogens with zero attached hydrogens (tertiary/aromatic N) is 2. The molecule has 9 unspecified atom stereocenters. The van der Waals surface area contributed by atoms with Crippen LogP contribution in [0, 0.1) is 0 Å². The van der Waals surface area contributed by atoms with Gasteiger partial charge in [-0.15, -0.1) is 0 Å². The monoisotopic (exact) mass is 1860 g/mol. The maximum absolute atomic E-state index is 17.0. The molecule has 7 aromatic carbocycles. The fraction of sp³-hybridized carbons (Fsp3) is 0.451. The van der Waals surface area contributed by atoms with Crippen LogP contribution in [0.2, 0.25) is 10.0 Å². The Labute approximate surface area is 763 Å². The first-order chi connectivity index (χ1) is 62.7. The number of likely N-dealkylation sites (N-methyl/N-ethyl adjacent to an activating group) is 1. The standard InChI is InChI=1S/C91H110Cl2N12O26/c1-7-8-9-10-11-12-13-14-27-95-73-76(113)78(115)81(89(124)97-29-16-31-105(5)6)131-90(73)130-80-62-36-47-37-63(80)127-59-26-21-46(34-54(59)92)74(111)72-88(123)102-70(83(118)96-28-15-30-104(3)4)52-38-48(107)39-61(128-91-79(116)77(114)75(112)64(42-106)129-91)65(52)51-33-44(19-24-56(51)108)68(85(120)103-72)99-86(121)69(47)100-87(122)71-53-40-50(41-58(110)66(53)93)126-60-35-45(20-25-57(60)109)67(94-2)84(119)98-55(82(117)101-71)32-43-17-22-49(125-62)23-18-43/h17-26,33-41,55,64,67-79,81,90-91,94-95,106-116H,7-16,27-32,42H2,1-6H3,(H,96,118)(H,97,124)(H,98,119)(H,99,121)(H,100,122)(H,101,117)(H,102,123)(H,103,120)/t55?,64-,67?,68?,69?,70?,71?,72?,73-,74?,75-,76-,77+,78+,79+,81+,90-,91?/m1/s1. The van der Waals surface area contributed by atoms with Crippen LogP contribution < -0.4 is 76.9 Å². The number of phenols is 4. The molecule has 21 N–H and O–H groups in total. The number of hydrogen-bond acceptors (Lipinski definition) is 30. The summed E-state index contributed by atoms with van der Waals surface area (Å²) in [5.74, 6) is -15.2. The summed E-state index contributed by atoms with van der Waals surface area (Å²) < 4.78 is 45.8. The van der Waals surface area contributed by atoms with Gasteiger partial charge in [-0.25, -0.2) is 0 Å². The van der Waals surface area contributed by atoms with E-state index in [1.807, 2.05) is 23.9 Å². The Bertz CT molecular complexity index is 5330. The number of carbonyl (C=O) groups is 8. The molecule has 2 saturated heterocycles. The highest BCUT2D eigenvalue weighted by atomic mass is 35.5. The molecule has 8 amide bonds. The maximum Gasteiger partial charge on any atom is 0.252 e. The number of aromatic hydroxyl groups is 4. The van der Waals surface area contributed by atoms with E-state index in [0.29, 0.717) is 37.9 Å². The van der Waals surface area contributed by atoms with E-state index in [1.54, 1.807) is 14.1 Å². The number of amides is 8. The molecule has 17 bridgehead atoms. The van der Waals surface area contributed by atoms with Gasteiger partial charge in [-0.05, 0) is 180 Å². The van der Waals surface area contributed by atoms with Crippen LogP contribution in [0.25, 0.3) is 11.1 Å². The Morgan fingerprint density at radius 1 is 0.504 bits per heavy atom.